The van der Waals surface area contributed by atoms with E-state index >= 15 is 0 Å². The topological polar surface area (TPSA) is 121 Å². The van der Waals surface area contributed by atoms with E-state index in [0.717, 1.165) is 6.92 Å². The van der Waals surface area contributed by atoms with Crippen LogP contribution >= 0.6 is 0 Å². The lowest BCUT2D eigenvalue weighted by Gasteiger charge is -2.16. The highest BCUT2D eigenvalue weighted by Gasteiger charge is 2.41. The van der Waals surface area contributed by atoms with Gasteiger partial charge in [0.2, 0.25) is 11.8 Å². The van der Waals surface area contributed by atoms with Crippen LogP contribution < -0.4 is 5.32 Å². The molecular weight excluding hydrogens is 276 g/mol. The molecule has 1 heterocycles. The molecule has 0 aromatic rings. The van der Waals surface area contributed by atoms with Crippen LogP contribution in [0, 0.1) is 0 Å². The first-order chi connectivity index (χ1) is 8.65. The second-order valence-electron chi connectivity index (χ2n) is 4.46. The van der Waals surface area contributed by atoms with Gasteiger partial charge in [0.25, 0.3) is 0 Å². The van der Waals surface area contributed by atoms with Crippen LogP contribution in [-0.2, 0) is 24.2 Å². The summed E-state index contributed by atoms with van der Waals surface area (Å²) < 4.78 is 24.0. The van der Waals surface area contributed by atoms with Gasteiger partial charge in [0.05, 0.1) is 5.75 Å². The standard InChI is InChI=1S/C10H16N2O6S/c1-6(13)11-7(10(15)16)5-19(17,18)8-3-4-12(2)9(8)14/h7-8H,3-5H2,1-2H3,(H,11,13)(H,15,16)/t7-,8?/m0/s1. The highest BCUT2D eigenvalue weighted by Crippen LogP contribution is 2.18. The van der Waals surface area contributed by atoms with Crippen molar-refractivity contribution in [1.82, 2.24) is 10.2 Å². The zero-order valence-corrected chi connectivity index (χ0v) is 11.4. The number of hydrogen-bond acceptors (Lipinski definition) is 5. The monoisotopic (exact) mass is 292 g/mol. The van der Waals surface area contributed by atoms with Gasteiger partial charge in [0, 0.05) is 20.5 Å². The Morgan fingerprint density at radius 2 is 2.11 bits per heavy atom. The van der Waals surface area contributed by atoms with E-state index in [2.05, 4.69) is 0 Å². The fraction of sp³-hybridized carbons (Fsp3) is 0.700. The summed E-state index contributed by atoms with van der Waals surface area (Å²) in [7, 11) is -2.43. The van der Waals surface area contributed by atoms with Gasteiger partial charge in [-0.25, -0.2) is 13.2 Å². The quantitative estimate of drug-likeness (QED) is 0.618. The Bertz CT molecular complexity index is 500. The van der Waals surface area contributed by atoms with E-state index in [9.17, 15) is 22.8 Å². The molecule has 0 aromatic carbocycles. The maximum Gasteiger partial charge on any atom is 0.327 e. The van der Waals surface area contributed by atoms with E-state index in [1.54, 1.807) is 0 Å². The number of sulfone groups is 1. The van der Waals surface area contributed by atoms with Gasteiger partial charge in [-0.1, -0.05) is 0 Å². The second-order valence-corrected chi connectivity index (χ2v) is 6.69. The Hall–Kier alpha value is -1.64. The summed E-state index contributed by atoms with van der Waals surface area (Å²) in [5, 5.41) is 9.70. The number of carboxylic acids is 1. The molecule has 19 heavy (non-hydrogen) atoms. The molecular formula is C10H16N2O6S. The lowest BCUT2D eigenvalue weighted by molar-refractivity contribution is -0.140. The highest BCUT2D eigenvalue weighted by atomic mass is 32.2. The van der Waals surface area contributed by atoms with E-state index in [1.807, 2.05) is 5.32 Å². The summed E-state index contributed by atoms with van der Waals surface area (Å²) in [6.07, 6.45) is 0.143. The predicted octanol–water partition coefficient (Wildman–Crippen LogP) is -1.78. The number of carbonyl (C=O) groups excluding carboxylic acids is 2. The largest absolute Gasteiger partial charge is 0.480 e. The van der Waals surface area contributed by atoms with Crippen LogP contribution in [0.1, 0.15) is 13.3 Å². The molecule has 2 amide bonds. The van der Waals surface area contributed by atoms with Crippen molar-refractivity contribution in [3.63, 3.8) is 0 Å². The summed E-state index contributed by atoms with van der Waals surface area (Å²) in [5.41, 5.74) is 0. The van der Waals surface area contributed by atoms with Gasteiger partial charge >= 0.3 is 5.97 Å². The van der Waals surface area contributed by atoms with E-state index in [4.69, 9.17) is 5.11 Å². The first kappa shape index (κ1) is 15.4. The van der Waals surface area contributed by atoms with Crippen LogP contribution in [0.15, 0.2) is 0 Å². The minimum atomic E-state index is -3.92. The molecule has 1 rings (SSSR count). The van der Waals surface area contributed by atoms with Gasteiger partial charge < -0.3 is 15.3 Å². The van der Waals surface area contributed by atoms with Crippen molar-refractivity contribution in [2.75, 3.05) is 19.3 Å². The molecule has 0 spiro atoms. The summed E-state index contributed by atoms with van der Waals surface area (Å²) in [6, 6.07) is -1.54. The average Bonchev–Trinajstić information content (AvgIpc) is 2.58. The van der Waals surface area contributed by atoms with Crippen molar-refractivity contribution in [3.05, 3.63) is 0 Å². The molecule has 0 bridgehead atoms. The Balaban J connectivity index is 2.86. The Morgan fingerprint density at radius 3 is 2.47 bits per heavy atom. The number of amides is 2. The zero-order valence-electron chi connectivity index (χ0n) is 10.6. The van der Waals surface area contributed by atoms with E-state index in [-0.39, 0.29) is 6.42 Å². The number of nitrogens with zero attached hydrogens (tertiary/aromatic N) is 1. The van der Waals surface area contributed by atoms with Crippen LogP contribution in [-0.4, -0.2) is 66.8 Å². The van der Waals surface area contributed by atoms with Gasteiger partial charge in [-0.2, -0.15) is 0 Å². The van der Waals surface area contributed by atoms with Crippen LogP contribution in [0.25, 0.3) is 0 Å². The molecule has 1 fully saturated rings. The third-order valence-corrected chi connectivity index (χ3v) is 4.99. The maximum atomic E-state index is 12.0. The van der Waals surface area contributed by atoms with Crippen molar-refractivity contribution in [2.45, 2.75) is 24.6 Å². The zero-order chi connectivity index (χ0) is 14.8. The number of carbonyl (C=O) groups is 3. The maximum absolute atomic E-state index is 12.0. The van der Waals surface area contributed by atoms with Crippen LogP contribution in [0.5, 0.6) is 0 Å². The lowest BCUT2D eigenvalue weighted by atomic mass is 10.3. The summed E-state index contributed by atoms with van der Waals surface area (Å²) in [6.45, 7) is 1.41. The molecule has 0 saturated carbocycles. The number of hydrogen-bond donors (Lipinski definition) is 2. The van der Waals surface area contributed by atoms with Crippen molar-refractivity contribution < 1.29 is 27.9 Å². The summed E-state index contributed by atoms with van der Waals surface area (Å²) in [4.78, 5) is 34.7. The summed E-state index contributed by atoms with van der Waals surface area (Å²) in [5.74, 6) is -3.41. The van der Waals surface area contributed by atoms with E-state index in [1.165, 1.54) is 11.9 Å². The normalized spacial score (nSPS) is 21.3. The fourth-order valence-corrected chi connectivity index (χ4v) is 3.77. The number of likely N-dealkylation sites (tertiary alicyclic amines) is 1. The highest BCUT2D eigenvalue weighted by molar-refractivity contribution is 7.92. The number of nitrogens with one attached hydrogen (secondary N) is 1. The third kappa shape index (κ3) is 3.66. The van der Waals surface area contributed by atoms with Gasteiger partial charge in [0.1, 0.15) is 11.3 Å². The molecule has 1 aliphatic heterocycles. The minimum absolute atomic E-state index is 0.143. The molecule has 2 N–H and O–H groups in total. The number of carboxylic acid groups (broad SMARTS) is 1. The lowest BCUT2D eigenvalue weighted by Crippen LogP contribution is -2.47. The minimum Gasteiger partial charge on any atom is -0.480 e. The number of rotatable bonds is 5. The molecule has 0 radical (unpaired) electrons. The molecule has 8 nitrogen and oxygen atoms in total. The molecule has 0 aliphatic carbocycles. The van der Waals surface area contributed by atoms with E-state index in [0.29, 0.717) is 6.54 Å². The predicted molar refractivity (Wildman–Crippen MR) is 65.1 cm³/mol. The third-order valence-electron chi connectivity index (χ3n) is 2.89. The van der Waals surface area contributed by atoms with Crippen LogP contribution in [0.3, 0.4) is 0 Å². The fourth-order valence-electron chi connectivity index (χ4n) is 1.89. The summed E-state index contributed by atoms with van der Waals surface area (Å²) >= 11 is 0. The van der Waals surface area contributed by atoms with Gasteiger partial charge in [0.15, 0.2) is 9.84 Å². The Morgan fingerprint density at radius 1 is 1.53 bits per heavy atom. The van der Waals surface area contributed by atoms with Gasteiger partial charge in [-0.3, -0.25) is 9.59 Å². The molecule has 1 aliphatic rings. The smallest absolute Gasteiger partial charge is 0.327 e. The molecule has 108 valence electrons. The first-order valence-corrected chi connectivity index (χ1v) is 7.33. The Kier molecular flexibility index (Phi) is 4.51. The first-order valence-electron chi connectivity index (χ1n) is 5.61. The average molecular weight is 292 g/mol. The van der Waals surface area contributed by atoms with Gasteiger partial charge in [-0.15, -0.1) is 0 Å². The molecule has 1 saturated heterocycles. The van der Waals surface area contributed by atoms with Crippen molar-refractivity contribution in [1.29, 1.82) is 0 Å². The van der Waals surface area contributed by atoms with E-state index < -0.39 is 44.7 Å². The molecule has 0 aromatic heterocycles. The van der Waals surface area contributed by atoms with Crippen LogP contribution in [0.2, 0.25) is 0 Å². The van der Waals surface area contributed by atoms with Crippen LogP contribution in [0.4, 0.5) is 0 Å². The van der Waals surface area contributed by atoms with Crippen molar-refractivity contribution >= 4 is 27.6 Å². The molecule has 2 atom stereocenters. The second kappa shape index (κ2) is 5.55. The Labute approximate surface area is 110 Å². The number of aliphatic carboxylic acids is 1. The van der Waals surface area contributed by atoms with Crippen molar-refractivity contribution in [2.24, 2.45) is 0 Å². The molecule has 9 heteroatoms. The van der Waals surface area contributed by atoms with Crippen molar-refractivity contribution in [3.8, 4) is 0 Å². The van der Waals surface area contributed by atoms with Gasteiger partial charge in [-0.05, 0) is 6.42 Å². The molecule has 1 unspecified atom stereocenters. The SMILES string of the molecule is CC(=O)N[C@@H](CS(=O)(=O)C1CCN(C)C1=O)C(=O)O.